The van der Waals surface area contributed by atoms with E-state index >= 15 is 0 Å². The Hall–Kier alpha value is -0.770. The van der Waals surface area contributed by atoms with Gasteiger partial charge in [-0.2, -0.15) is 0 Å². The van der Waals surface area contributed by atoms with E-state index in [0.29, 0.717) is 13.0 Å². The van der Waals surface area contributed by atoms with E-state index in [9.17, 15) is 0 Å². The molecule has 0 aromatic carbocycles. The molecule has 1 saturated carbocycles. The Morgan fingerprint density at radius 3 is 2.92 bits per heavy atom. The van der Waals surface area contributed by atoms with Crippen molar-refractivity contribution in [2.45, 2.75) is 25.7 Å². The number of nitrogens with two attached hydrogens (primary N) is 1. The van der Waals surface area contributed by atoms with E-state index in [2.05, 4.69) is 5.16 Å². The first-order chi connectivity index (χ1) is 5.83. The zero-order chi connectivity index (χ0) is 8.81. The van der Waals surface area contributed by atoms with Crippen LogP contribution in [0.25, 0.3) is 0 Å². The van der Waals surface area contributed by atoms with Gasteiger partial charge in [0.15, 0.2) is 0 Å². The molecule has 0 radical (unpaired) electrons. The monoisotopic (exact) mass is 172 g/mol. The number of amidine groups is 1. The highest BCUT2D eigenvalue weighted by molar-refractivity contribution is 5.79. The Labute approximate surface area is 72.4 Å². The van der Waals surface area contributed by atoms with Crippen LogP contribution in [0.3, 0.4) is 0 Å². The van der Waals surface area contributed by atoms with Crippen molar-refractivity contribution in [1.29, 1.82) is 0 Å². The largest absolute Gasteiger partial charge is 0.409 e. The Morgan fingerprint density at radius 1 is 1.58 bits per heavy atom. The first-order valence-electron chi connectivity index (χ1n) is 4.37. The number of rotatable bonds is 6. The summed E-state index contributed by atoms with van der Waals surface area (Å²) < 4.78 is 5.36. The van der Waals surface area contributed by atoms with Gasteiger partial charge in [-0.05, 0) is 25.2 Å². The number of nitrogens with zero attached hydrogens (tertiary/aromatic N) is 1. The van der Waals surface area contributed by atoms with E-state index in [0.717, 1.165) is 18.9 Å². The maximum atomic E-state index is 8.21. The third kappa shape index (κ3) is 4.18. The van der Waals surface area contributed by atoms with Gasteiger partial charge >= 0.3 is 0 Å². The first-order valence-corrected chi connectivity index (χ1v) is 4.37. The fourth-order valence-corrected chi connectivity index (χ4v) is 0.940. The fourth-order valence-electron chi connectivity index (χ4n) is 0.940. The predicted molar refractivity (Wildman–Crippen MR) is 46.2 cm³/mol. The van der Waals surface area contributed by atoms with E-state index in [4.69, 9.17) is 15.7 Å². The molecule has 0 atom stereocenters. The molecule has 0 saturated heterocycles. The molecule has 0 aromatic heterocycles. The second-order valence-electron chi connectivity index (χ2n) is 3.21. The van der Waals surface area contributed by atoms with Gasteiger partial charge in [0, 0.05) is 19.6 Å². The Balaban J connectivity index is 1.81. The van der Waals surface area contributed by atoms with Gasteiger partial charge in [-0.25, -0.2) is 0 Å². The molecule has 0 bridgehead atoms. The zero-order valence-electron chi connectivity index (χ0n) is 7.20. The SMILES string of the molecule is N/C(CCCOCC1CC1)=N\O. The average molecular weight is 172 g/mol. The lowest BCUT2D eigenvalue weighted by molar-refractivity contribution is 0.123. The van der Waals surface area contributed by atoms with Crippen LogP contribution in [0.5, 0.6) is 0 Å². The smallest absolute Gasteiger partial charge is 0.139 e. The molecular formula is C8H16N2O2. The summed E-state index contributed by atoms with van der Waals surface area (Å²) in [5.41, 5.74) is 5.27. The molecular weight excluding hydrogens is 156 g/mol. The summed E-state index contributed by atoms with van der Waals surface area (Å²) in [6.07, 6.45) is 4.09. The van der Waals surface area contributed by atoms with Crippen molar-refractivity contribution in [1.82, 2.24) is 0 Å². The van der Waals surface area contributed by atoms with E-state index in [1.54, 1.807) is 0 Å². The normalized spacial score (nSPS) is 18.2. The second kappa shape index (κ2) is 4.98. The fraction of sp³-hybridized carbons (Fsp3) is 0.875. The first kappa shape index (κ1) is 9.32. The highest BCUT2D eigenvalue weighted by Gasteiger charge is 2.20. The van der Waals surface area contributed by atoms with Gasteiger partial charge < -0.3 is 15.7 Å². The van der Waals surface area contributed by atoms with Crippen molar-refractivity contribution in [2.75, 3.05) is 13.2 Å². The maximum absolute atomic E-state index is 8.21. The summed E-state index contributed by atoms with van der Waals surface area (Å²) >= 11 is 0. The average Bonchev–Trinajstić information content (AvgIpc) is 2.87. The third-order valence-corrected chi connectivity index (χ3v) is 1.90. The van der Waals surface area contributed by atoms with Gasteiger partial charge in [0.25, 0.3) is 0 Å². The quantitative estimate of drug-likeness (QED) is 0.206. The molecule has 3 N–H and O–H groups in total. The summed E-state index contributed by atoms with van der Waals surface area (Å²) in [6, 6.07) is 0. The minimum absolute atomic E-state index is 0.282. The van der Waals surface area contributed by atoms with E-state index in [1.807, 2.05) is 0 Å². The molecule has 4 heteroatoms. The van der Waals surface area contributed by atoms with Gasteiger partial charge in [0.1, 0.15) is 5.84 Å². The van der Waals surface area contributed by atoms with Crippen molar-refractivity contribution >= 4 is 5.84 Å². The van der Waals surface area contributed by atoms with Crippen LogP contribution < -0.4 is 5.73 Å². The highest BCUT2D eigenvalue weighted by atomic mass is 16.5. The Bertz CT molecular complexity index is 155. The molecule has 0 unspecified atom stereocenters. The molecule has 1 rings (SSSR count). The standard InChI is InChI=1S/C8H16N2O2/c9-8(10-11)2-1-5-12-6-7-3-4-7/h7,11H,1-6H2,(H2,9,10). The molecule has 0 spiro atoms. The van der Waals surface area contributed by atoms with Crippen molar-refractivity contribution < 1.29 is 9.94 Å². The Kier molecular flexibility index (Phi) is 3.87. The number of hydrogen-bond acceptors (Lipinski definition) is 3. The van der Waals surface area contributed by atoms with Crippen LogP contribution in [0.4, 0.5) is 0 Å². The van der Waals surface area contributed by atoms with Gasteiger partial charge in [-0.1, -0.05) is 5.16 Å². The predicted octanol–water partition coefficient (Wildman–Crippen LogP) is 0.940. The third-order valence-electron chi connectivity index (χ3n) is 1.90. The molecule has 1 aliphatic rings. The summed E-state index contributed by atoms with van der Waals surface area (Å²) in [6.45, 7) is 1.60. The van der Waals surface area contributed by atoms with Crippen molar-refractivity contribution in [3.63, 3.8) is 0 Å². The molecule has 0 heterocycles. The summed E-state index contributed by atoms with van der Waals surface area (Å²) in [5.74, 6) is 1.10. The molecule has 12 heavy (non-hydrogen) atoms. The van der Waals surface area contributed by atoms with Gasteiger partial charge in [-0.3, -0.25) is 0 Å². The van der Waals surface area contributed by atoms with Gasteiger partial charge in [-0.15, -0.1) is 0 Å². The summed E-state index contributed by atoms with van der Waals surface area (Å²) in [4.78, 5) is 0. The van der Waals surface area contributed by atoms with Crippen LogP contribution >= 0.6 is 0 Å². The molecule has 0 aliphatic heterocycles. The van der Waals surface area contributed by atoms with Crippen LogP contribution in [0.15, 0.2) is 5.16 Å². The van der Waals surface area contributed by atoms with Crippen molar-refractivity contribution in [3.05, 3.63) is 0 Å². The summed E-state index contributed by atoms with van der Waals surface area (Å²) in [7, 11) is 0. The minimum Gasteiger partial charge on any atom is -0.409 e. The summed E-state index contributed by atoms with van der Waals surface area (Å²) in [5, 5.41) is 11.1. The van der Waals surface area contributed by atoms with Crippen LogP contribution in [-0.4, -0.2) is 24.3 Å². The van der Waals surface area contributed by atoms with Gasteiger partial charge in [0.2, 0.25) is 0 Å². The zero-order valence-corrected chi connectivity index (χ0v) is 7.20. The van der Waals surface area contributed by atoms with Crippen molar-refractivity contribution in [2.24, 2.45) is 16.8 Å². The van der Waals surface area contributed by atoms with Crippen LogP contribution in [-0.2, 0) is 4.74 Å². The minimum atomic E-state index is 0.282. The maximum Gasteiger partial charge on any atom is 0.139 e. The molecule has 0 aromatic rings. The van der Waals surface area contributed by atoms with Crippen LogP contribution in [0, 0.1) is 5.92 Å². The molecule has 70 valence electrons. The highest BCUT2D eigenvalue weighted by Crippen LogP contribution is 2.28. The lowest BCUT2D eigenvalue weighted by Crippen LogP contribution is -2.12. The van der Waals surface area contributed by atoms with Crippen LogP contribution in [0.2, 0.25) is 0 Å². The molecule has 0 amide bonds. The van der Waals surface area contributed by atoms with E-state index in [1.165, 1.54) is 12.8 Å². The Morgan fingerprint density at radius 2 is 2.33 bits per heavy atom. The second-order valence-corrected chi connectivity index (χ2v) is 3.21. The number of oxime groups is 1. The number of hydrogen-bond donors (Lipinski definition) is 2. The molecule has 4 nitrogen and oxygen atoms in total. The molecule has 1 fully saturated rings. The van der Waals surface area contributed by atoms with Crippen LogP contribution in [0.1, 0.15) is 25.7 Å². The lowest BCUT2D eigenvalue weighted by Gasteiger charge is -2.01. The van der Waals surface area contributed by atoms with E-state index < -0.39 is 0 Å². The number of ether oxygens (including phenoxy) is 1. The lowest BCUT2D eigenvalue weighted by atomic mass is 10.3. The topological polar surface area (TPSA) is 67.8 Å². The van der Waals surface area contributed by atoms with Gasteiger partial charge in [0.05, 0.1) is 0 Å². The van der Waals surface area contributed by atoms with E-state index in [-0.39, 0.29) is 5.84 Å². The van der Waals surface area contributed by atoms with Crippen molar-refractivity contribution in [3.8, 4) is 0 Å². The molecule has 1 aliphatic carbocycles.